The van der Waals surface area contributed by atoms with Crippen LogP contribution in [0.25, 0.3) is 5.69 Å². The number of hydrogen-bond donors (Lipinski definition) is 0. The number of rotatable bonds is 4. The van der Waals surface area contributed by atoms with Crippen molar-refractivity contribution >= 4 is 11.6 Å². The van der Waals surface area contributed by atoms with Gasteiger partial charge in [0.2, 0.25) is 0 Å². The summed E-state index contributed by atoms with van der Waals surface area (Å²) in [6, 6.07) is 15.7. The zero-order chi connectivity index (χ0) is 20.4. The van der Waals surface area contributed by atoms with Crippen molar-refractivity contribution in [2.75, 3.05) is 38.2 Å². The molecule has 2 aromatic carbocycles. The van der Waals surface area contributed by atoms with Gasteiger partial charge in [0.1, 0.15) is 11.6 Å². The van der Waals surface area contributed by atoms with Crippen molar-refractivity contribution in [2.45, 2.75) is 6.92 Å². The number of carbonyl (C=O) groups excluding carboxylic acids is 1. The molecule has 1 aliphatic heterocycles. The first-order valence-corrected chi connectivity index (χ1v) is 9.56. The second kappa shape index (κ2) is 7.95. The molecule has 29 heavy (non-hydrogen) atoms. The molecule has 0 atom stereocenters. The molecule has 1 saturated heterocycles. The van der Waals surface area contributed by atoms with Crippen LogP contribution in [0.1, 0.15) is 16.2 Å². The number of para-hydroxylation sites is 2. The molecule has 1 aromatic heterocycles. The second-order valence-corrected chi connectivity index (χ2v) is 7.01. The third-order valence-corrected chi connectivity index (χ3v) is 5.17. The van der Waals surface area contributed by atoms with Crippen molar-refractivity contribution in [3.63, 3.8) is 0 Å². The largest absolute Gasteiger partial charge is 0.495 e. The van der Waals surface area contributed by atoms with Gasteiger partial charge in [-0.25, -0.2) is 9.07 Å². The van der Waals surface area contributed by atoms with E-state index >= 15 is 0 Å². The molecule has 7 heteroatoms. The molecule has 0 bridgehead atoms. The Labute approximate surface area is 169 Å². The summed E-state index contributed by atoms with van der Waals surface area (Å²) in [4.78, 5) is 17.0. The van der Waals surface area contributed by atoms with Crippen LogP contribution in [0.5, 0.6) is 5.75 Å². The van der Waals surface area contributed by atoms with Gasteiger partial charge >= 0.3 is 0 Å². The number of ether oxygens (including phenoxy) is 1. The Kier molecular flexibility index (Phi) is 5.20. The van der Waals surface area contributed by atoms with Crippen LogP contribution in [0, 0.1) is 12.7 Å². The third-order valence-electron chi connectivity index (χ3n) is 5.17. The second-order valence-electron chi connectivity index (χ2n) is 7.01. The van der Waals surface area contributed by atoms with E-state index in [2.05, 4.69) is 10.00 Å². The number of benzene rings is 2. The van der Waals surface area contributed by atoms with E-state index in [-0.39, 0.29) is 11.7 Å². The highest BCUT2D eigenvalue weighted by Gasteiger charge is 2.25. The normalized spacial score (nSPS) is 14.2. The Morgan fingerprint density at radius 1 is 1.03 bits per heavy atom. The van der Waals surface area contributed by atoms with Gasteiger partial charge in [0.05, 0.1) is 18.5 Å². The topological polar surface area (TPSA) is 50.6 Å². The van der Waals surface area contributed by atoms with Crippen LogP contribution in [0.3, 0.4) is 0 Å². The van der Waals surface area contributed by atoms with Gasteiger partial charge in [-0.3, -0.25) is 4.79 Å². The summed E-state index contributed by atoms with van der Waals surface area (Å²) in [6.07, 6.45) is 0. The standard InChI is InChI=1S/C22H23FN4O2/c1-16-15-19(24-27(16)18-9-7-17(23)8-10-18)22(28)26-13-11-25(12-14-26)20-5-3-4-6-21(20)29-2/h3-10,15H,11-14H2,1-2H3. The number of hydrogen-bond acceptors (Lipinski definition) is 4. The van der Waals surface area contributed by atoms with Crippen LogP contribution in [0.4, 0.5) is 10.1 Å². The maximum atomic E-state index is 13.2. The molecule has 0 radical (unpaired) electrons. The zero-order valence-electron chi connectivity index (χ0n) is 16.5. The van der Waals surface area contributed by atoms with E-state index < -0.39 is 0 Å². The molecule has 3 aromatic rings. The molecule has 0 N–H and O–H groups in total. The number of aromatic nitrogens is 2. The van der Waals surface area contributed by atoms with E-state index in [0.717, 1.165) is 35.9 Å². The average molecular weight is 394 g/mol. The number of halogens is 1. The summed E-state index contributed by atoms with van der Waals surface area (Å²) in [5.74, 6) is 0.442. The highest BCUT2D eigenvalue weighted by atomic mass is 19.1. The Balaban J connectivity index is 1.46. The van der Waals surface area contributed by atoms with E-state index in [1.54, 1.807) is 30.0 Å². The molecule has 1 aliphatic rings. The van der Waals surface area contributed by atoms with Gasteiger partial charge in [0.15, 0.2) is 5.69 Å². The maximum Gasteiger partial charge on any atom is 0.274 e. The van der Waals surface area contributed by atoms with Crippen molar-refractivity contribution in [3.05, 3.63) is 71.8 Å². The van der Waals surface area contributed by atoms with E-state index in [9.17, 15) is 9.18 Å². The van der Waals surface area contributed by atoms with Crippen molar-refractivity contribution < 1.29 is 13.9 Å². The van der Waals surface area contributed by atoms with Crippen molar-refractivity contribution in [1.29, 1.82) is 0 Å². The van der Waals surface area contributed by atoms with Gasteiger partial charge in [-0.2, -0.15) is 5.10 Å². The summed E-state index contributed by atoms with van der Waals surface area (Å²) in [5, 5.41) is 4.46. The Bertz CT molecular complexity index is 1010. The fraction of sp³-hybridized carbons (Fsp3) is 0.273. The zero-order valence-corrected chi connectivity index (χ0v) is 16.5. The molecule has 2 heterocycles. The predicted molar refractivity (Wildman–Crippen MR) is 109 cm³/mol. The lowest BCUT2D eigenvalue weighted by Crippen LogP contribution is -2.49. The van der Waals surface area contributed by atoms with Crippen molar-refractivity contribution in [2.24, 2.45) is 0 Å². The van der Waals surface area contributed by atoms with Crippen LogP contribution < -0.4 is 9.64 Å². The van der Waals surface area contributed by atoms with E-state index in [4.69, 9.17) is 4.74 Å². The number of amides is 1. The first-order chi connectivity index (χ1) is 14.1. The van der Waals surface area contributed by atoms with Crippen LogP contribution >= 0.6 is 0 Å². The van der Waals surface area contributed by atoms with E-state index in [0.29, 0.717) is 18.8 Å². The van der Waals surface area contributed by atoms with E-state index in [1.807, 2.05) is 36.1 Å². The van der Waals surface area contributed by atoms with Gasteiger partial charge in [-0.05, 0) is 49.4 Å². The predicted octanol–water partition coefficient (Wildman–Crippen LogP) is 3.29. The van der Waals surface area contributed by atoms with Gasteiger partial charge in [0.25, 0.3) is 5.91 Å². The number of nitrogens with zero attached hydrogens (tertiary/aromatic N) is 4. The fourth-order valence-corrected chi connectivity index (χ4v) is 3.63. The maximum absolute atomic E-state index is 13.2. The van der Waals surface area contributed by atoms with Gasteiger partial charge in [-0.15, -0.1) is 0 Å². The fourth-order valence-electron chi connectivity index (χ4n) is 3.63. The number of carbonyl (C=O) groups is 1. The van der Waals surface area contributed by atoms with Gasteiger partial charge < -0.3 is 14.5 Å². The minimum absolute atomic E-state index is 0.0892. The lowest BCUT2D eigenvalue weighted by Gasteiger charge is -2.36. The monoisotopic (exact) mass is 394 g/mol. The molecule has 6 nitrogen and oxygen atoms in total. The van der Waals surface area contributed by atoms with Gasteiger partial charge in [-0.1, -0.05) is 12.1 Å². The van der Waals surface area contributed by atoms with Crippen LogP contribution in [-0.4, -0.2) is 53.9 Å². The molecule has 0 saturated carbocycles. The van der Waals surface area contributed by atoms with Crippen LogP contribution in [-0.2, 0) is 0 Å². The highest BCUT2D eigenvalue weighted by Crippen LogP contribution is 2.28. The van der Waals surface area contributed by atoms with E-state index in [1.165, 1.54) is 12.1 Å². The number of methoxy groups -OCH3 is 1. The van der Waals surface area contributed by atoms with Crippen molar-refractivity contribution in [1.82, 2.24) is 14.7 Å². The van der Waals surface area contributed by atoms with Crippen LogP contribution in [0.2, 0.25) is 0 Å². The lowest BCUT2D eigenvalue weighted by atomic mass is 10.2. The minimum atomic E-state index is -0.303. The smallest absolute Gasteiger partial charge is 0.274 e. The summed E-state index contributed by atoms with van der Waals surface area (Å²) < 4.78 is 20.3. The number of anilines is 1. The molecular formula is C22H23FN4O2. The van der Waals surface area contributed by atoms with Gasteiger partial charge in [0, 0.05) is 31.9 Å². The molecule has 4 rings (SSSR count). The molecule has 0 aliphatic carbocycles. The Morgan fingerprint density at radius 2 is 1.72 bits per heavy atom. The molecule has 1 fully saturated rings. The average Bonchev–Trinajstić information content (AvgIpc) is 3.15. The number of piperazine rings is 1. The minimum Gasteiger partial charge on any atom is -0.495 e. The first-order valence-electron chi connectivity index (χ1n) is 9.56. The summed E-state index contributed by atoms with van der Waals surface area (Å²) in [5.41, 5.74) is 2.99. The molecule has 150 valence electrons. The molecular weight excluding hydrogens is 371 g/mol. The molecule has 0 spiro atoms. The van der Waals surface area contributed by atoms with Crippen molar-refractivity contribution in [3.8, 4) is 11.4 Å². The SMILES string of the molecule is COc1ccccc1N1CCN(C(=O)c2cc(C)n(-c3ccc(F)cc3)n2)CC1. The number of aryl methyl sites for hydroxylation is 1. The Hall–Kier alpha value is -3.35. The lowest BCUT2D eigenvalue weighted by molar-refractivity contribution is 0.0740. The summed E-state index contributed by atoms with van der Waals surface area (Å²) in [6.45, 7) is 4.55. The quantitative estimate of drug-likeness (QED) is 0.681. The Morgan fingerprint density at radius 3 is 2.41 bits per heavy atom. The molecule has 0 unspecified atom stereocenters. The summed E-state index contributed by atoms with van der Waals surface area (Å²) in [7, 11) is 1.67. The third kappa shape index (κ3) is 3.81. The highest BCUT2D eigenvalue weighted by molar-refractivity contribution is 5.92. The summed E-state index contributed by atoms with van der Waals surface area (Å²) >= 11 is 0. The molecule has 1 amide bonds. The van der Waals surface area contributed by atoms with Crippen LogP contribution in [0.15, 0.2) is 54.6 Å². The first kappa shape index (κ1) is 19.0.